The molecule has 0 aromatic carbocycles. The fourth-order valence-corrected chi connectivity index (χ4v) is 11.5. The van der Waals surface area contributed by atoms with Gasteiger partial charge in [0.15, 0.2) is 0 Å². The van der Waals surface area contributed by atoms with Gasteiger partial charge >= 0.3 is 5.97 Å². The van der Waals surface area contributed by atoms with Crippen LogP contribution in [0, 0.1) is 0 Å². The van der Waals surface area contributed by atoms with Crippen molar-refractivity contribution in [1.82, 2.24) is 5.32 Å². The van der Waals surface area contributed by atoms with Gasteiger partial charge in [0.25, 0.3) is 0 Å². The van der Waals surface area contributed by atoms with E-state index in [9.17, 15) is 19.8 Å². The van der Waals surface area contributed by atoms with E-state index in [1.54, 1.807) is 6.08 Å². The number of esters is 1. The van der Waals surface area contributed by atoms with Gasteiger partial charge in [0.1, 0.15) is 0 Å². The molecule has 0 saturated carbocycles. The van der Waals surface area contributed by atoms with Crippen LogP contribution in [0.1, 0.15) is 399 Å². The van der Waals surface area contributed by atoms with Crippen LogP contribution >= 0.6 is 0 Å². The van der Waals surface area contributed by atoms with Gasteiger partial charge in [0.2, 0.25) is 5.91 Å². The van der Waals surface area contributed by atoms with E-state index in [1.807, 2.05) is 6.08 Å². The molecule has 1 amide bonds. The Balaban J connectivity index is 3.41. The molecule has 0 aliphatic heterocycles. The van der Waals surface area contributed by atoms with Crippen molar-refractivity contribution in [2.75, 3.05) is 13.2 Å². The van der Waals surface area contributed by atoms with Gasteiger partial charge in [0, 0.05) is 12.8 Å². The summed E-state index contributed by atoms with van der Waals surface area (Å²) in [7, 11) is 0. The molecule has 0 aromatic heterocycles. The van der Waals surface area contributed by atoms with Crippen LogP contribution in [-0.2, 0) is 14.3 Å². The highest BCUT2D eigenvalue weighted by atomic mass is 16.5. The number of rotatable bonds is 70. The van der Waals surface area contributed by atoms with Crippen LogP contribution in [0.4, 0.5) is 0 Å². The molecule has 0 aliphatic carbocycles. The van der Waals surface area contributed by atoms with Gasteiger partial charge in [0.05, 0.1) is 25.4 Å². The van der Waals surface area contributed by atoms with Crippen LogP contribution in [0.15, 0.2) is 60.8 Å². The minimum absolute atomic E-state index is 0.000785. The summed E-state index contributed by atoms with van der Waals surface area (Å²) in [5.41, 5.74) is 0. The lowest BCUT2D eigenvalue weighted by molar-refractivity contribution is -0.143. The van der Waals surface area contributed by atoms with Crippen molar-refractivity contribution >= 4 is 11.9 Å². The first kappa shape index (κ1) is 81.6. The molecule has 3 N–H and O–H groups in total. The van der Waals surface area contributed by atoms with E-state index < -0.39 is 12.1 Å². The third-order valence-corrected chi connectivity index (χ3v) is 17.3. The SMILES string of the molecule is CCCC/C=C\C/C=C\CCCCCCCC(=O)OCCCCCCCCCCC/C=C\C/C=C\CCCCCCCCCCCCCCCCCCCC(=O)NC(CO)C(O)/C=C/CCCCCCCCCCCCCCCCCCCC. The van der Waals surface area contributed by atoms with E-state index in [0.717, 1.165) is 57.8 Å². The summed E-state index contributed by atoms with van der Waals surface area (Å²) in [6, 6.07) is -0.628. The van der Waals surface area contributed by atoms with Crippen molar-refractivity contribution in [2.24, 2.45) is 0 Å². The van der Waals surface area contributed by atoms with Crippen LogP contribution in [0.2, 0.25) is 0 Å². The number of ether oxygens (including phenoxy) is 1. The Morgan fingerprint density at radius 3 is 0.940 bits per heavy atom. The van der Waals surface area contributed by atoms with E-state index in [2.05, 4.69) is 67.8 Å². The minimum atomic E-state index is -0.845. The summed E-state index contributed by atoms with van der Waals surface area (Å²) in [5.74, 6) is -0.0637. The number of amides is 1. The van der Waals surface area contributed by atoms with Crippen molar-refractivity contribution in [3.8, 4) is 0 Å². The molecular formula is C78H145NO5. The van der Waals surface area contributed by atoms with Crippen LogP contribution in [0.3, 0.4) is 0 Å². The summed E-state index contributed by atoms with van der Waals surface area (Å²) < 4.78 is 5.48. The topological polar surface area (TPSA) is 95.9 Å². The Bertz CT molecular complexity index is 1450. The molecule has 2 atom stereocenters. The zero-order valence-electron chi connectivity index (χ0n) is 56.4. The summed E-state index contributed by atoms with van der Waals surface area (Å²) in [6.45, 7) is 4.88. The lowest BCUT2D eigenvalue weighted by Crippen LogP contribution is -2.45. The molecule has 2 unspecified atom stereocenters. The van der Waals surface area contributed by atoms with Crippen molar-refractivity contribution in [3.05, 3.63) is 60.8 Å². The molecule has 0 saturated heterocycles. The quantitative estimate of drug-likeness (QED) is 0.0320. The number of hydrogen-bond donors (Lipinski definition) is 3. The second kappa shape index (κ2) is 73.0. The monoisotopic (exact) mass is 1180 g/mol. The average molecular weight is 1180 g/mol. The third kappa shape index (κ3) is 68.7. The van der Waals surface area contributed by atoms with Crippen LogP contribution in [-0.4, -0.2) is 47.4 Å². The molecule has 0 rings (SSSR count). The number of aliphatic hydroxyl groups excluding tert-OH is 2. The molecule has 492 valence electrons. The molecule has 6 nitrogen and oxygen atoms in total. The fraction of sp³-hybridized carbons (Fsp3) is 0.846. The van der Waals surface area contributed by atoms with Gasteiger partial charge in [-0.1, -0.05) is 357 Å². The first-order valence-corrected chi connectivity index (χ1v) is 37.6. The van der Waals surface area contributed by atoms with E-state index in [0.29, 0.717) is 19.4 Å². The van der Waals surface area contributed by atoms with Crippen LogP contribution in [0.5, 0.6) is 0 Å². The maximum Gasteiger partial charge on any atom is 0.305 e. The van der Waals surface area contributed by atoms with Gasteiger partial charge < -0.3 is 20.3 Å². The summed E-state index contributed by atoms with van der Waals surface area (Å²) in [4.78, 5) is 24.6. The maximum atomic E-state index is 12.5. The van der Waals surface area contributed by atoms with Crippen LogP contribution in [0.25, 0.3) is 0 Å². The van der Waals surface area contributed by atoms with Crippen LogP contribution < -0.4 is 5.32 Å². The standard InChI is InChI=1S/C78H145NO5/c1-3-5-7-9-11-13-15-17-19-20-21-37-40-43-46-50-54-58-62-66-70-76(81)75(74-80)79-77(82)71-67-63-59-55-51-47-44-41-38-35-33-31-29-27-25-23-22-24-26-28-30-32-34-36-39-42-45-49-53-57-61-65-69-73-84-78(83)72-68-64-60-56-52-48-18-16-14-12-10-8-6-4-2/h10,12,16,18,26,28,32,34,66,70,75-76,80-81H,3-9,11,13-15,17,19-25,27,29-31,33,35-65,67-69,71-74H2,1-2H3,(H,79,82)/b12-10-,18-16-,28-26-,34-32-,70-66+. The number of hydrogen-bond acceptors (Lipinski definition) is 5. The lowest BCUT2D eigenvalue weighted by atomic mass is 10.0. The molecule has 0 spiro atoms. The number of aliphatic hydroxyl groups is 2. The van der Waals surface area contributed by atoms with E-state index in [4.69, 9.17) is 4.74 Å². The van der Waals surface area contributed by atoms with Crippen molar-refractivity contribution in [1.29, 1.82) is 0 Å². The van der Waals surface area contributed by atoms with E-state index >= 15 is 0 Å². The summed E-state index contributed by atoms with van der Waals surface area (Å²) in [5, 5.41) is 23.3. The average Bonchev–Trinajstić information content (AvgIpc) is 3.51. The molecule has 0 bridgehead atoms. The first-order valence-electron chi connectivity index (χ1n) is 37.6. The van der Waals surface area contributed by atoms with E-state index in [-0.39, 0.29) is 18.5 Å². The smallest absolute Gasteiger partial charge is 0.305 e. The normalized spacial score (nSPS) is 12.9. The summed E-state index contributed by atoms with van der Waals surface area (Å²) >= 11 is 0. The van der Waals surface area contributed by atoms with Gasteiger partial charge in [-0.15, -0.1) is 0 Å². The van der Waals surface area contributed by atoms with Gasteiger partial charge in [-0.25, -0.2) is 0 Å². The van der Waals surface area contributed by atoms with E-state index in [1.165, 1.54) is 315 Å². The first-order chi connectivity index (χ1) is 41.5. The van der Waals surface area contributed by atoms with Gasteiger partial charge in [-0.3, -0.25) is 9.59 Å². The Morgan fingerprint density at radius 1 is 0.333 bits per heavy atom. The molecule has 6 heteroatoms. The number of allylic oxidation sites excluding steroid dienone is 9. The second-order valence-corrected chi connectivity index (χ2v) is 25.6. The predicted octanol–water partition coefficient (Wildman–Crippen LogP) is 24.6. The van der Waals surface area contributed by atoms with Gasteiger partial charge in [-0.2, -0.15) is 0 Å². The highest BCUT2D eigenvalue weighted by Crippen LogP contribution is 2.18. The Kier molecular flexibility index (Phi) is 70.9. The fourth-order valence-electron chi connectivity index (χ4n) is 11.5. The van der Waals surface area contributed by atoms with Gasteiger partial charge in [-0.05, 0) is 89.9 Å². The minimum Gasteiger partial charge on any atom is -0.466 e. The molecule has 84 heavy (non-hydrogen) atoms. The number of nitrogens with one attached hydrogen (secondary N) is 1. The molecule has 0 fully saturated rings. The molecule has 0 heterocycles. The number of carbonyl (C=O) groups excluding carboxylic acids is 2. The second-order valence-electron chi connectivity index (χ2n) is 25.6. The zero-order valence-corrected chi connectivity index (χ0v) is 56.4. The van der Waals surface area contributed by atoms with Crippen molar-refractivity contribution in [2.45, 2.75) is 411 Å². The number of carbonyl (C=O) groups is 2. The molecular weight excluding hydrogens is 1030 g/mol. The number of unbranched alkanes of at least 4 members (excludes halogenated alkanes) is 51. The predicted molar refractivity (Wildman–Crippen MR) is 370 cm³/mol. The highest BCUT2D eigenvalue weighted by molar-refractivity contribution is 5.76. The molecule has 0 aromatic rings. The Hall–Kier alpha value is -2.44. The lowest BCUT2D eigenvalue weighted by Gasteiger charge is -2.20. The molecule has 0 radical (unpaired) electrons. The van der Waals surface area contributed by atoms with Crippen molar-refractivity contribution < 1.29 is 24.5 Å². The Morgan fingerprint density at radius 2 is 0.607 bits per heavy atom. The zero-order chi connectivity index (χ0) is 60.6. The van der Waals surface area contributed by atoms with Crippen molar-refractivity contribution in [3.63, 3.8) is 0 Å². The summed E-state index contributed by atoms with van der Waals surface area (Å²) in [6.07, 6.45) is 97.5. The largest absolute Gasteiger partial charge is 0.466 e. The Labute approximate surface area is 524 Å². The highest BCUT2D eigenvalue weighted by Gasteiger charge is 2.18. The third-order valence-electron chi connectivity index (χ3n) is 17.3. The molecule has 0 aliphatic rings. The maximum absolute atomic E-state index is 12.5.